The van der Waals surface area contributed by atoms with Crippen molar-refractivity contribution in [2.45, 2.75) is 76.9 Å². The third-order valence-corrected chi connectivity index (χ3v) is 10.1. The van der Waals surface area contributed by atoms with Gasteiger partial charge in [0.1, 0.15) is 23.8 Å². The molecule has 1 unspecified atom stereocenters. The van der Waals surface area contributed by atoms with Crippen molar-refractivity contribution in [1.29, 1.82) is 0 Å². The van der Waals surface area contributed by atoms with Crippen LogP contribution in [0.15, 0.2) is 48.6 Å². The van der Waals surface area contributed by atoms with Crippen molar-refractivity contribution in [2.75, 3.05) is 26.2 Å². The number of ether oxygens (including phenoxy) is 1. The number of fused-ring (bicyclic) bond motifs is 3. The van der Waals surface area contributed by atoms with Crippen molar-refractivity contribution in [2.24, 2.45) is 17.8 Å². The molecule has 1 spiro atoms. The van der Waals surface area contributed by atoms with E-state index in [2.05, 4.69) is 10.3 Å². The molecular weight excluding hydrogens is 548 g/mol. The molecule has 2 saturated heterocycles. The Labute approximate surface area is 252 Å². The van der Waals surface area contributed by atoms with Crippen molar-refractivity contribution < 1.29 is 24.2 Å². The summed E-state index contributed by atoms with van der Waals surface area (Å²) in [6.45, 7) is 9.09. The van der Waals surface area contributed by atoms with E-state index in [0.717, 1.165) is 17.5 Å². The van der Waals surface area contributed by atoms with E-state index < -0.39 is 35.1 Å². The van der Waals surface area contributed by atoms with Crippen LogP contribution in [0.2, 0.25) is 0 Å². The smallest absolute Gasteiger partial charge is 0.250 e. The lowest BCUT2D eigenvalue weighted by Crippen LogP contribution is -2.60. The maximum atomic E-state index is 14.8. The van der Waals surface area contributed by atoms with Crippen molar-refractivity contribution in [1.82, 2.24) is 29.7 Å². The average Bonchev–Trinajstić information content (AvgIpc) is 3.56. The molecule has 0 aliphatic carbocycles. The Morgan fingerprint density at radius 2 is 1.74 bits per heavy atom. The third kappa shape index (κ3) is 4.34. The Balaban J connectivity index is 1.48. The highest BCUT2D eigenvalue weighted by atomic mass is 16.5. The predicted octanol–water partition coefficient (Wildman–Crippen LogP) is 2.36. The van der Waals surface area contributed by atoms with Gasteiger partial charge in [-0.05, 0) is 30.9 Å². The van der Waals surface area contributed by atoms with E-state index >= 15 is 0 Å². The van der Waals surface area contributed by atoms with Gasteiger partial charge in [-0.15, -0.1) is 5.10 Å². The predicted molar refractivity (Wildman–Crippen MR) is 159 cm³/mol. The van der Waals surface area contributed by atoms with Crippen LogP contribution < -0.4 is 0 Å². The fourth-order valence-electron chi connectivity index (χ4n) is 7.75. The van der Waals surface area contributed by atoms with E-state index in [9.17, 15) is 19.5 Å². The number of rotatable bonds is 9. The minimum absolute atomic E-state index is 0.0881. The molecule has 11 nitrogen and oxygen atoms in total. The Kier molecular flexibility index (Phi) is 7.66. The molecule has 1 aromatic carbocycles. The van der Waals surface area contributed by atoms with Crippen LogP contribution in [0.3, 0.4) is 0 Å². The van der Waals surface area contributed by atoms with E-state index in [-0.39, 0.29) is 43.5 Å². The van der Waals surface area contributed by atoms with Crippen LogP contribution in [0.25, 0.3) is 11.0 Å². The van der Waals surface area contributed by atoms with Crippen LogP contribution in [0.1, 0.15) is 47.0 Å². The second kappa shape index (κ2) is 11.2. The van der Waals surface area contributed by atoms with Gasteiger partial charge in [-0.25, -0.2) is 4.68 Å². The van der Waals surface area contributed by atoms with Gasteiger partial charge in [0.2, 0.25) is 11.8 Å². The summed E-state index contributed by atoms with van der Waals surface area (Å²) in [5.41, 5.74) is -0.890. The van der Waals surface area contributed by atoms with E-state index in [1.165, 1.54) is 0 Å². The Bertz CT molecular complexity index is 1470. The minimum atomic E-state index is -1.37. The molecule has 2 fully saturated rings. The first kappa shape index (κ1) is 29.5. The van der Waals surface area contributed by atoms with Gasteiger partial charge in [0, 0.05) is 19.6 Å². The zero-order chi connectivity index (χ0) is 30.5. The highest BCUT2D eigenvalue weighted by molar-refractivity contribution is 6.00. The number of hydrogen-bond acceptors (Lipinski definition) is 7. The summed E-state index contributed by atoms with van der Waals surface area (Å²) in [5.74, 6) is -2.51. The average molecular weight is 591 g/mol. The number of nitrogens with zero attached hydrogens (tertiary/aromatic N) is 6. The topological polar surface area (TPSA) is 121 Å². The first-order chi connectivity index (χ1) is 20.8. The number of aliphatic hydroxyl groups is 1. The summed E-state index contributed by atoms with van der Waals surface area (Å²) in [6, 6.07) is 5.88. The molecule has 1 aromatic heterocycles. The number of benzene rings is 1. The second-order valence-electron chi connectivity index (χ2n) is 12.4. The number of carbonyl (C=O) groups is 3. The third-order valence-electron chi connectivity index (χ3n) is 10.1. The normalized spacial score (nSPS) is 31.7. The summed E-state index contributed by atoms with van der Waals surface area (Å²) in [6.07, 6.45) is 9.62. The lowest BCUT2D eigenvalue weighted by Gasteiger charge is -2.42. The van der Waals surface area contributed by atoms with Gasteiger partial charge in [0.25, 0.3) is 5.91 Å². The fourth-order valence-corrected chi connectivity index (χ4v) is 7.75. The van der Waals surface area contributed by atoms with Crippen LogP contribution in [-0.2, 0) is 25.8 Å². The summed E-state index contributed by atoms with van der Waals surface area (Å²) in [7, 11) is 0. The van der Waals surface area contributed by atoms with Crippen molar-refractivity contribution in [3.8, 4) is 0 Å². The van der Waals surface area contributed by atoms with Gasteiger partial charge in [-0.3, -0.25) is 14.4 Å². The number of aromatic nitrogens is 3. The van der Waals surface area contributed by atoms with Gasteiger partial charge in [-0.1, -0.05) is 75.8 Å². The molecule has 3 amide bonds. The number of aliphatic hydroxyl groups excluding tert-OH is 1. The number of carbonyl (C=O) groups excluding carboxylic acids is 3. The van der Waals surface area contributed by atoms with Gasteiger partial charge in [0.05, 0.1) is 35.6 Å². The SMILES string of the molecule is CCCN1CC=C[C@@]2(CC)O[C@]34C=CCN(Cn5nnc6ccccc65)C(=O)C3N([C@@H](CO)[C@@H](C)CC)C(=O)[C@@H]4[C@H]2C1=O. The molecule has 11 heteroatoms. The van der Waals surface area contributed by atoms with Gasteiger partial charge >= 0.3 is 0 Å². The quantitative estimate of drug-likeness (QED) is 0.445. The first-order valence-electron chi connectivity index (χ1n) is 15.6. The maximum absolute atomic E-state index is 14.8. The fraction of sp³-hybridized carbons (Fsp3) is 0.594. The number of amides is 3. The standard InChI is InChI=1S/C32H42N6O5/c1-5-16-35-17-10-14-31(7-3)25(28(35)40)26-29(41)38(24(19-39)21(4)6-2)27-30(42)36(18-11-15-32(26,27)43-31)20-37-23-13-9-8-12-22(23)33-34-37/h8-15,21,24-27,39H,5-7,16-20H2,1-4H3/t21-,24-,25-,26-,27?,31+,32-/m0/s1. The minimum Gasteiger partial charge on any atom is -0.394 e. The maximum Gasteiger partial charge on any atom is 0.250 e. The van der Waals surface area contributed by atoms with Crippen molar-refractivity contribution in [3.63, 3.8) is 0 Å². The molecule has 43 heavy (non-hydrogen) atoms. The molecule has 0 bridgehead atoms. The van der Waals surface area contributed by atoms with Crippen LogP contribution >= 0.6 is 0 Å². The highest BCUT2D eigenvalue weighted by Gasteiger charge is 2.76. The lowest BCUT2D eigenvalue weighted by molar-refractivity contribution is -0.159. The van der Waals surface area contributed by atoms with Gasteiger partial charge < -0.3 is 24.5 Å². The summed E-state index contributed by atoms with van der Waals surface area (Å²) < 4.78 is 8.74. The molecule has 2 aromatic rings. The van der Waals surface area contributed by atoms with Crippen molar-refractivity contribution >= 4 is 28.8 Å². The van der Waals surface area contributed by atoms with E-state index in [0.29, 0.717) is 25.9 Å². The zero-order valence-corrected chi connectivity index (χ0v) is 25.4. The number of likely N-dealkylation sites (tertiary alicyclic amines) is 1. The van der Waals surface area contributed by atoms with Crippen LogP contribution in [0.4, 0.5) is 0 Å². The molecule has 0 radical (unpaired) electrons. The molecule has 0 saturated carbocycles. The molecule has 5 heterocycles. The largest absolute Gasteiger partial charge is 0.394 e. The van der Waals surface area contributed by atoms with E-state index in [1.807, 2.05) is 76.3 Å². The Morgan fingerprint density at radius 1 is 1.00 bits per heavy atom. The summed E-state index contributed by atoms with van der Waals surface area (Å²) in [5, 5.41) is 19.2. The van der Waals surface area contributed by atoms with Gasteiger partial charge in [0.15, 0.2) is 0 Å². The molecule has 6 rings (SSSR count). The number of para-hydroxylation sites is 1. The Hall–Kier alpha value is -3.57. The molecule has 4 aliphatic rings. The zero-order valence-electron chi connectivity index (χ0n) is 25.4. The van der Waals surface area contributed by atoms with E-state index in [1.54, 1.807) is 19.4 Å². The van der Waals surface area contributed by atoms with Crippen LogP contribution in [0, 0.1) is 17.8 Å². The molecule has 7 atom stereocenters. The summed E-state index contributed by atoms with van der Waals surface area (Å²) in [4.78, 5) is 48.9. The summed E-state index contributed by atoms with van der Waals surface area (Å²) >= 11 is 0. The highest BCUT2D eigenvalue weighted by Crippen LogP contribution is 2.59. The van der Waals surface area contributed by atoms with Crippen molar-refractivity contribution in [3.05, 3.63) is 48.6 Å². The van der Waals surface area contributed by atoms with Crippen LogP contribution in [0.5, 0.6) is 0 Å². The second-order valence-corrected chi connectivity index (χ2v) is 12.4. The lowest BCUT2D eigenvalue weighted by atomic mass is 9.73. The van der Waals surface area contributed by atoms with Crippen LogP contribution in [-0.4, -0.2) is 102 Å². The first-order valence-corrected chi connectivity index (χ1v) is 15.6. The van der Waals surface area contributed by atoms with E-state index in [4.69, 9.17) is 4.74 Å². The Morgan fingerprint density at radius 3 is 2.47 bits per heavy atom. The molecule has 1 N–H and O–H groups in total. The van der Waals surface area contributed by atoms with Gasteiger partial charge in [-0.2, -0.15) is 0 Å². The molecular formula is C32H42N6O5. The molecule has 230 valence electrons. The number of hydrogen-bond donors (Lipinski definition) is 1. The monoisotopic (exact) mass is 590 g/mol. The molecule has 4 aliphatic heterocycles.